The molecular formula is C21H22ClFN4O3S. The Kier molecular flexibility index (Phi) is 6.38. The van der Waals surface area contributed by atoms with Gasteiger partial charge in [0.25, 0.3) is 0 Å². The summed E-state index contributed by atoms with van der Waals surface area (Å²) < 4.78 is 19.6. The van der Waals surface area contributed by atoms with Crippen LogP contribution in [0.1, 0.15) is 41.7 Å². The summed E-state index contributed by atoms with van der Waals surface area (Å²) in [6, 6.07) is 7.01. The predicted octanol–water partition coefficient (Wildman–Crippen LogP) is 5.76. The van der Waals surface area contributed by atoms with Crippen molar-refractivity contribution in [3.8, 4) is 5.69 Å². The first-order chi connectivity index (χ1) is 14.5. The van der Waals surface area contributed by atoms with Gasteiger partial charge in [0.1, 0.15) is 21.5 Å². The van der Waals surface area contributed by atoms with Gasteiger partial charge in [0.15, 0.2) is 0 Å². The number of benzene rings is 1. The third kappa shape index (κ3) is 4.88. The Morgan fingerprint density at radius 2 is 1.84 bits per heavy atom. The second-order valence-electron chi connectivity index (χ2n) is 7.82. The molecule has 3 aromatic rings. The van der Waals surface area contributed by atoms with Crippen LogP contribution in [0.2, 0.25) is 5.02 Å². The summed E-state index contributed by atoms with van der Waals surface area (Å²) in [6.07, 6.45) is 0. The molecule has 0 saturated heterocycles. The largest absolute Gasteiger partial charge is 0.465 e. The van der Waals surface area contributed by atoms with Crippen LogP contribution in [-0.4, -0.2) is 28.9 Å². The molecule has 164 valence electrons. The van der Waals surface area contributed by atoms with E-state index < -0.39 is 12.0 Å². The molecule has 31 heavy (non-hydrogen) atoms. The first kappa shape index (κ1) is 22.8. The van der Waals surface area contributed by atoms with E-state index in [4.69, 9.17) is 16.3 Å². The average Bonchev–Trinajstić information content (AvgIpc) is 3.25. The zero-order valence-corrected chi connectivity index (χ0v) is 19.2. The summed E-state index contributed by atoms with van der Waals surface area (Å²) in [5, 5.41) is 10.7. The van der Waals surface area contributed by atoms with Gasteiger partial charge in [-0.15, -0.1) is 11.3 Å². The van der Waals surface area contributed by atoms with Crippen molar-refractivity contribution in [1.29, 1.82) is 0 Å². The number of carbonyl (C=O) groups excluding carboxylic acids is 2. The Morgan fingerprint density at radius 3 is 2.42 bits per heavy atom. The fourth-order valence-electron chi connectivity index (χ4n) is 2.70. The van der Waals surface area contributed by atoms with Gasteiger partial charge < -0.3 is 4.74 Å². The van der Waals surface area contributed by atoms with Crippen molar-refractivity contribution in [2.75, 3.05) is 17.7 Å². The number of hydrogen-bond donors (Lipinski definition) is 2. The highest BCUT2D eigenvalue weighted by molar-refractivity contribution is 7.19. The number of carbonyl (C=O) groups is 2. The molecule has 2 aromatic heterocycles. The average molecular weight is 465 g/mol. The van der Waals surface area contributed by atoms with Gasteiger partial charge in [-0.1, -0.05) is 32.4 Å². The number of halogens is 2. The number of nitrogens with zero attached hydrogens (tertiary/aromatic N) is 2. The second kappa shape index (κ2) is 8.68. The molecule has 1 aromatic carbocycles. The zero-order chi connectivity index (χ0) is 22.9. The van der Waals surface area contributed by atoms with Crippen LogP contribution in [0.25, 0.3) is 5.69 Å². The quantitative estimate of drug-likeness (QED) is 0.480. The van der Waals surface area contributed by atoms with Gasteiger partial charge in [0.2, 0.25) is 0 Å². The lowest BCUT2D eigenvalue weighted by Gasteiger charge is -2.14. The van der Waals surface area contributed by atoms with E-state index in [1.807, 2.05) is 20.8 Å². The lowest BCUT2D eigenvalue weighted by atomic mass is 9.92. The maximum Gasteiger partial charge on any atom is 0.349 e. The predicted molar refractivity (Wildman–Crippen MR) is 120 cm³/mol. The number of amides is 2. The minimum Gasteiger partial charge on any atom is -0.465 e. The Bertz CT molecular complexity index is 1130. The van der Waals surface area contributed by atoms with Gasteiger partial charge in [-0.3, -0.25) is 10.6 Å². The number of ether oxygens (including phenoxy) is 1. The highest BCUT2D eigenvalue weighted by Gasteiger charge is 2.23. The van der Waals surface area contributed by atoms with Gasteiger partial charge in [0.05, 0.1) is 23.5 Å². The monoisotopic (exact) mass is 464 g/mol. The fourth-order valence-corrected chi connectivity index (χ4v) is 4.06. The number of aromatic nitrogens is 2. The van der Waals surface area contributed by atoms with Crippen LogP contribution in [0, 0.1) is 12.7 Å². The molecule has 0 aliphatic carbocycles. The van der Waals surface area contributed by atoms with E-state index >= 15 is 0 Å². The standard InChI is InChI=1S/C21H22ClFN4O3S/c1-11-16(22)17(19(28)30-5)31-18(11)25-20(29)24-15-10-14(21(2,3)4)26-27(15)13-8-6-12(23)7-9-13/h6-10H,1-5H3,(H2,24,25,29). The van der Waals surface area contributed by atoms with Crippen LogP contribution >= 0.6 is 22.9 Å². The lowest BCUT2D eigenvalue weighted by Crippen LogP contribution is -2.21. The number of urea groups is 1. The van der Waals surface area contributed by atoms with Crippen LogP contribution in [0.5, 0.6) is 0 Å². The van der Waals surface area contributed by atoms with Crippen molar-refractivity contribution in [2.45, 2.75) is 33.1 Å². The van der Waals surface area contributed by atoms with Crippen molar-refractivity contribution < 1.29 is 18.7 Å². The van der Waals surface area contributed by atoms with Gasteiger partial charge in [-0.2, -0.15) is 5.10 Å². The number of methoxy groups -OCH3 is 1. The molecule has 0 unspecified atom stereocenters. The van der Waals surface area contributed by atoms with E-state index in [1.54, 1.807) is 25.1 Å². The van der Waals surface area contributed by atoms with E-state index in [0.29, 0.717) is 22.1 Å². The minimum atomic E-state index is -0.573. The van der Waals surface area contributed by atoms with Gasteiger partial charge in [0, 0.05) is 17.0 Å². The number of nitrogens with one attached hydrogen (secondary N) is 2. The summed E-state index contributed by atoms with van der Waals surface area (Å²) in [6.45, 7) is 7.69. The SMILES string of the molecule is COC(=O)c1sc(NC(=O)Nc2cc(C(C)(C)C)nn2-c2ccc(F)cc2)c(C)c1Cl. The fraction of sp³-hybridized carbons (Fsp3) is 0.286. The number of esters is 1. The molecule has 0 fully saturated rings. The van der Waals surface area contributed by atoms with Gasteiger partial charge in [-0.25, -0.2) is 18.7 Å². The minimum absolute atomic E-state index is 0.211. The molecule has 0 atom stereocenters. The highest BCUT2D eigenvalue weighted by Crippen LogP contribution is 2.37. The summed E-state index contributed by atoms with van der Waals surface area (Å²) >= 11 is 7.22. The first-order valence-corrected chi connectivity index (χ1v) is 10.5. The van der Waals surface area contributed by atoms with Crippen LogP contribution in [-0.2, 0) is 10.2 Å². The second-order valence-corrected chi connectivity index (χ2v) is 9.22. The molecule has 2 heterocycles. The van der Waals surface area contributed by atoms with Crippen LogP contribution in [0.3, 0.4) is 0 Å². The smallest absolute Gasteiger partial charge is 0.349 e. The van der Waals surface area contributed by atoms with Crippen molar-refractivity contribution in [1.82, 2.24) is 9.78 Å². The molecule has 0 radical (unpaired) electrons. The summed E-state index contributed by atoms with van der Waals surface area (Å²) in [4.78, 5) is 24.8. The van der Waals surface area contributed by atoms with Gasteiger partial charge in [-0.05, 0) is 31.2 Å². The maximum atomic E-state index is 13.4. The molecule has 0 saturated carbocycles. The van der Waals surface area contributed by atoms with E-state index in [1.165, 1.54) is 23.9 Å². The lowest BCUT2D eigenvalue weighted by molar-refractivity contribution is 0.0606. The van der Waals surface area contributed by atoms with E-state index in [9.17, 15) is 14.0 Å². The zero-order valence-electron chi connectivity index (χ0n) is 17.7. The van der Waals surface area contributed by atoms with Crippen LogP contribution in [0.15, 0.2) is 30.3 Å². The third-order valence-electron chi connectivity index (χ3n) is 4.46. The van der Waals surface area contributed by atoms with E-state index in [-0.39, 0.29) is 21.1 Å². The topological polar surface area (TPSA) is 85.2 Å². The normalized spacial score (nSPS) is 11.3. The van der Waals surface area contributed by atoms with Crippen LogP contribution < -0.4 is 10.6 Å². The van der Waals surface area contributed by atoms with Crippen molar-refractivity contribution in [2.24, 2.45) is 0 Å². The molecule has 2 N–H and O–H groups in total. The first-order valence-electron chi connectivity index (χ1n) is 9.33. The Balaban J connectivity index is 1.90. The van der Waals surface area contributed by atoms with Crippen molar-refractivity contribution in [3.63, 3.8) is 0 Å². The molecule has 10 heteroatoms. The van der Waals surface area contributed by atoms with Crippen molar-refractivity contribution in [3.05, 3.63) is 57.3 Å². The molecule has 0 aliphatic rings. The number of anilines is 2. The molecule has 0 bridgehead atoms. The Morgan fingerprint density at radius 1 is 1.19 bits per heavy atom. The third-order valence-corrected chi connectivity index (χ3v) is 6.23. The van der Waals surface area contributed by atoms with E-state index in [2.05, 4.69) is 15.7 Å². The summed E-state index contributed by atoms with van der Waals surface area (Å²) in [5.41, 5.74) is 1.63. The van der Waals surface area contributed by atoms with Gasteiger partial charge >= 0.3 is 12.0 Å². The molecular weight excluding hydrogens is 443 g/mol. The maximum absolute atomic E-state index is 13.4. The molecule has 3 rings (SSSR count). The molecule has 7 nitrogen and oxygen atoms in total. The molecule has 0 spiro atoms. The summed E-state index contributed by atoms with van der Waals surface area (Å²) in [7, 11) is 1.26. The Labute approximate surface area is 188 Å². The van der Waals surface area contributed by atoms with Crippen LogP contribution in [0.4, 0.5) is 20.0 Å². The summed E-state index contributed by atoms with van der Waals surface area (Å²) in [5.74, 6) is -0.538. The Hall–Kier alpha value is -2.91. The number of thiophene rings is 1. The molecule has 2 amide bonds. The molecule has 0 aliphatic heterocycles. The number of hydrogen-bond acceptors (Lipinski definition) is 5. The van der Waals surface area contributed by atoms with Crippen molar-refractivity contribution >= 4 is 45.8 Å². The number of rotatable bonds is 4. The van der Waals surface area contributed by atoms with E-state index in [0.717, 1.165) is 17.0 Å². The highest BCUT2D eigenvalue weighted by atomic mass is 35.5.